The van der Waals surface area contributed by atoms with Gasteiger partial charge in [0.05, 0.1) is 16.5 Å². The van der Waals surface area contributed by atoms with Crippen LogP contribution in [0.5, 0.6) is 0 Å². The maximum atomic E-state index is 13.0. The molecule has 2 aromatic rings. The van der Waals surface area contributed by atoms with E-state index in [0.717, 1.165) is 11.1 Å². The SMILES string of the molecule is CCNC(=O)C(C)N(Cc1ccc(Cl)cc1)C(=O)Cc1ccc(Cl)c(Cl)c1. The Bertz CT molecular complexity index is 809. The van der Waals surface area contributed by atoms with Crippen molar-refractivity contribution in [1.29, 1.82) is 0 Å². The molecule has 0 bridgehead atoms. The van der Waals surface area contributed by atoms with Crippen molar-refractivity contribution in [2.24, 2.45) is 0 Å². The van der Waals surface area contributed by atoms with Gasteiger partial charge in [0.15, 0.2) is 0 Å². The lowest BCUT2D eigenvalue weighted by Gasteiger charge is -2.29. The van der Waals surface area contributed by atoms with Crippen LogP contribution < -0.4 is 5.32 Å². The summed E-state index contributed by atoms with van der Waals surface area (Å²) in [5, 5.41) is 4.20. The van der Waals surface area contributed by atoms with Gasteiger partial charge in [0.25, 0.3) is 0 Å². The van der Waals surface area contributed by atoms with Crippen molar-refractivity contribution in [3.05, 3.63) is 68.7 Å². The third kappa shape index (κ3) is 6.13. The molecule has 144 valence electrons. The van der Waals surface area contributed by atoms with Gasteiger partial charge in [0.2, 0.25) is 11.8 Å². The molecule has 0 fully saturated rings. The molecule has 7 heteroatoms. The lowest BCUT2D eigenvalue weighted by Crippen LogP contribution is -2.48. The Balaban J connectivity index is 2.23. The fraction of sp³-hybridized carbons (Fsp3) is 0.300. The Morgan fingerprint density at radius 1 is 1.00 bits per heavy atom. The molecule has 1 atom stereocenters. The molecule has 0 aliphatic carbocycles. The zero-order valence-corrected chi connectivity index (χ0v) is 17.4. The Kier molecular flexibility index (Phi) is 7.96. The maximum Gasteiger partial charge on any atom is 0.242 e. The summed E-state index contributed by atoms with van der Waals surface area (Å²) in [4.78, 5) is 26.8. The van der Waals surface area contributed by atoms with Gasteiger partial charge in [0.1, 0.15) is 6.04 Å². The van der Waals surface area contributed by atoms with E-state index in [-0.39, 0.29) is 18.2 Å². The van der Waals surface area contributed by atoms with Crippen LogP contribution in [0.15, 0.2) is 42.5 Å². The first kappa shape index (κ1) is 21.5. The van der Waals surface area contributed by atoms with Crippen molar-refractivity contribution in [2.45, 2.75) is 32.9 Å². The van der Waals surface area contributed by atoms with Crippen LogP contribution in [0.3, 0.4) is 0 Å². The number of benzene rings is 2. The van der Waals surface area contributed by atoms with Gasteiger partial charge in [-0.05, 0) is 49.2 Å². The summed E-state index contributed by atoms with van der Waals surface area (Å²) >= 11 is 17.9. The van der Waals surface area contributed by atoms with Gasteiger partial charge in [-0.1, -0.05) is 53.0 Å². The molecule has 0 saturated heterocycles. The molecule has 0 radical (unpaired) electrons. The highest BCUT2D eigenvalue weighted by Gasteiger charge is 2.26. The lowest BCUT2D eigenvalue weighted by molar-refractivity contribution is -0.140. The van der Waals surface area contributed by atoms with Crippen LogP contribution in [0, 0.1) is 0 Å². The molecular weight excluding hydrogens is 407 g/mol. The van der Waals surface area contributed by atoms with Crippen molar-refractivity contribution in [3.63, 3.8) is 0 Å². The predicted octanol–water partition coefficient (Wildman–Crippen LogP) is 4.74. The van der Waals surface area contributed by atoms with E-state index in [4.69, 9.17) is 34.8 Å². The van der Waals surface area contributed by atoms with Gasteiger partial charge in [-0.2, -0.15) is 0 Å². The minimum Gasteiger partial charge on any atom is -0.355 e. The van der Waals surface area contributed by atoms with Gasteiger partial charge in [-0.15, -0.1) is 0 Å². The fourth-order valence-corrected chi connectivity index (χ4v) is 3.06. The van der Waals surface area contributed by atoms with Crippen LogP contribution in [-0.4, -0.2) is 29.3 Å². The molecule has 0 spiro atoms. The first-order valence-corrected chi connectivity index (χ1v) is 9.70. The first-order chi connectivity index (χ1) is 12.8. The molecule has 0 heterocycles. The molecular formula is C20H21Cl3N2O2. The number of carbonyl (C=O) groups is 2. The summed E-state index contributed by atoms with van der Waals surface area (Å²) in [6.45, 7) is 4.36. The number of halogens is 3. The third-order valence-corrected chi connectivity index (χ3v) is 5.11. The monoisotopic (exact) mass is 426 g/mol. The molecule has 2 aromatic carbocycles. The van der Waals surface area contributed by atoms with E-state index in [0.29, 0.717) is 28.2 Å². The molecule has 2 rings (SSSR count). The minimum atomic E-state index is -0.615. The van der Waals surface area contributed by atoms with Gasteiger partial charge in [-0.25, -0.2) is 0 Å². The van der Waals surface area contributed by atoms with Crippen LogP contribution in [0.4, 0.5) is 0 Å². The summed E-state index contributed by atoms with van der Waals surface area (Å²) in [6, 6.07) is 11.7. The molecule has 0 saturated carbocycles. The lowest BCUT2D eigenvalue weighted by atomic mass is 10.1. The second-order valence-electron chi connectivity index (χ2n) is 6.14. The highest BCUT2D eigenvalue weighted by Crippen LogP contribution is 2.23. The maximum absolute atomic E-state index is 13.0. The fourth-order valence-electron chi connectivity index (χ4n) is 2.62. The summed E-state index contributed by atoms with van der Waals surface area (Å²) < 4.78 is 0. The molecule has 4 nitrogen and oxygen atoms in total. The van der Waals surface area contributed by atoms with E-state index in [1.54, 1.807) is 42.2 Å². The van der Waals surface area contributed by atoms with E-state index >= 15 is 0 Å². The number of hydrogen-bond acceptors (Lipinski definition) is 2. The number of nitrogens with one attached hydrogen (secondary N) is 1. The van der Waals surface area contributed by atoms with E-state index in [9.17, 15) is 9.59 Å². The average molecular weight is 428 g/mol. The second-order valence-corrected chi connectivity index (χ2v) is 7.39. The Morgan fingerprint density at radius 2 is 1.63 bits per heavy atom. The van der Waals surface area contributed by atoms with E-state index < -0.39 is 6.04 Å². The van der Waals surface area contributed by atoms with E-state index in [1.165, 1.54) is 0 Å². The Labute approximate surface area is 174 Å². The van der Waals surface area contributed by atoms with Crippen LogP contribution >= 0.6 is 34.8 Å². The molecule has 0 aliphatic heterocycles. The summed E-state index contributed by atoms with van der Waals surface area (Å²) in [5.41, 5.74) is 1.62. The second kappa shape index (κ2) is 9.98. The number of likely N-dealkylation sites (N-methyl/N-ethyl adjacent to an activating group) is 1. The quantitative estimate of drug-likeness (QED) is 0.693. The highest BCUT2D eigenvalue weighted by molar-refractivity contribution is 6.42. The highest BCUT2D eigenvalue weighted by atomic mass is 35.5. The first-order valence-electron chi connectivity index (χ1n) is 8.57. The number of carbonyl (C=O) groups excluding carboxylic acids is 2. The van der Waals surface area contributed by atoms with Crippen molar-refractivity contribution < 1.29 is 9.59 Å². The zero-order chi connectivity index (χ0) is 20.0. The molecule has 1 unspecified atom stereocenters. The van der Waals surface area contributed by atoms with E-state index in [2.05, 4.69) is 5.32 Å². The van der Waals surface area contributed by atoms with Crippen LogP contribution in [0.1, 0.15) is 25.0 Å². The van der Waals surface area contributed by atoms with E-state index in [1.807, 2.05) is 19.1 Å². The molecule has 27 heavy (non-hydrogen) atoms. The molecule has 1 N–H and O–H groups in total. The predicted molar refractivity (Wildman–Crippen MR) is 110 cm³/mol. The normalized spacial score (nSPS) is 11.7. The van der Waals surface area contributed by atoms with Crippen molar-refractivity contribution in [2.75, 3.05) is 6.54 Å². The summed E-state index contributed by atoms with van der Waals surface area (Å²) in [6.07, 6.45) is 0.119. The van der Waals surface area contributed by atoms with Crippen molar-refractivity contribution >= 4 is 46.6 Å². The number of amides is 2. The zero-order valence-electron chi connectivity index (χ0n) is 15.1. The Morgan fingerprint density at radius 3 is 2.22 bits per heavy atom. The van der Waals surface area contributed by atoms with Gasteiger partial charge >= 0.3 is 0 Å². The molecule has 2 amide bonds. The van der Waals surface area contributed by atoms with Crippen LogP contribution in [0.25, 0.3) is 0 Å². The van der Waals surface area contributed by atoms with Gasteiger partial charge < -0.3 is 10.2 Å². The average Bonchev–Trinajstić information content (AvgIpc) is 2.64. The Hall–Kier alpha value is -1.75. The minimum absolute atomic E-state index is 0.119. The molecule has 0 aromatic heterocycles. The third-order valence-electron chi connectivity index (χ3n) is 4.12. The largest absolute Gasteiger partial charge is 0.355 e. The smallest absolute Gasteiger partial charge is 0.242 e. The van der Waals surface area contributed by atoms with Crippen molar-refractivity contribution in [3.8, 4) is 0 Å². The van der Waals surface area contributed by atoms with Crippen molar-refractivity contribution in [1.82, 2.24) is 10.2 Å². The summed E-state index contributed by atoms with van der Waals surface area (Å²) in [7, 11) is 0. The number of nitrogens with zero attached hydrogens (tertiary/aromatic N) is 1. The van der Waals surface area contributed by atoms with Crippen LogP contribution in [0.2, 0.25) is 15.1 Å². The number of rotatable bonds is 7. The van der Waals surface area contributed by atoms with Gasteiger partial charge in [-0.3, -0.25) is 9.59 Å². The molecule has 0 aliphatic rings. The van der Waals surface area contributed by atoms with Gasteiger partial charge in [0, 0.05) is 18.1 Å². The summed E-state index contributed by atoms with van der Waals surface area (Å²) in [5.74, 6) is -0.379. The number of hydrogen-bond donors (Lipinski definition) is 1. The van der Waals surface area contributed by atoms with Crippen LogP contribution in [-0.2, 0) is 22.6 Å². The topological polar surface area (TPSA) is 49.4 Å². The standard InChI is InChI=1S/C20H21Cl3N2O2/c1-3-24-20(27)13(2)25(12-14-4-7-16(21)8-5-14)19(26)11-15-6-9-17(22)18(23)10-15/h4-10,13H,3,11-12H2,1-2H3,(H,24,27).